The third kappa shape index (κ3) is 19.6. The zero-order valence-electron chi connectivity index (χ0n) is 7.73. The monoisotopic (exact) mass is 377 g/mol. The molecule has 123 valence electrons. The van der Waals surface area contributed by atoms with Crippen molar-refractivity contribution in [2.45, 2.75) is 42.7 Å². The predicted molar refractivity (Wildman–Crippen MR) is 68.2 cm³/mol. The van der Waals surface area contributed by atoms with Crippen molar-refractivity contribution in [3.63, 3.8) is 0 Å². The van der Waals surface area contributed by atoms with E-state index < -0.39 is 37.2 Å². The van der Waals surface area contributed by atoms with Gasteiger partial charge in [0, 0.05) is 22.4 Å². The van der Waals surface area contributed by atoms with Crippen LogP contribution in [0.15, 0.2) is 0 Å². The second kappa shape index (κ2) is 19.4. The van der Waals surface area contributed by atoms with E-state index in [1.807, 2.05) is 0 Å². The molecule has 0 saturated carbocycles. The Labute approximate surface area is 130 Å². The smallest absolute Gasteiger partial charge is 0.347 e. The summed E-state index contributed by atoms with van der Waals surface area (Å²) in [5, 5.41) is 16.4. The van der Waals surface area contributed by atoms with E-state index in [1.165, 1.54) is 6.92 Å². The molecule has 0 saturated heterocycles. The van der Waals surface area contributed by atoms with Gasteiger partial charge in [0.05, 0.1) is 0 Å². The van der Waals surface area contributed by atoms with Gasteiger partial charge in [0.15, 0.2) is 12.7 Å². The Bertz CT molecular complexity index is 243. The summed E-state index contributed by atoms with van der Waals surface area (Å²) in [4.78, 5) is 31.3. The average Bonchev–Trinajstić information content (AvgIpc) is 2.13. The minimum absolute atomic E-state index is 0. The Morgan fingerprint density at radius 3 is 1.84 bits per heavy atom. The van der Waals surface area contributed by atoms with Gasteiger partial charge in [-0.3, -0.25) is 0 Å². The first-order valence-corrected chi connectivity index (χ1v) is 3.66. The summed E-state index contributed by atoms with van der Waals surface area (Å²) in [6.07, 6.45) is -1.23. The summed E-state index contributed by atoms with van der Waals surface area (Å²) in [6, 6.07) is 0. The zero-order chi connectivity index (χ0) is 11.1. The maximum absolute atomic E-state index is 10.9. The fourth-order valence-corrected chi connectivity index (χ4v) is 0.533. The fourth-order valence-electron chi connectivity index (χ4n) is 0.533. The number of carbonyl (C=O) groups is 3. The van der Waals surface area contributed by atoms with Crippen LogP contribution in [-0.4, -0.2) is 47.4 Å². The second-order valence-electron chi connectivity index (χ2n) is 2.29. The summed E-state index contributed by atoms with van der Waals surface area (Å²) in [5.41, 5.74) is 0. The number of aliphatic hydroxyl groups is 1. The van der Waals surface area contributed by atoms with Crippen molar-refractivity contribution in [3.8, 4) is 0 Å². The maximum Gasteiger partial charge on any atom is 0.347 e. The van der Waals surface area contributed by atoms with Crippen LogP contribution in [0.1, 0.15) is 36.6 Å². The summed E-state index contributed by atoms with van der Waals surface area (Å²) >= 11 is 0. The Morgan fingerprint density at radius 1 is 1.11 bits per heavy atom. The maximum atomic E-state index is 10.9. The van der Waals surface area contributed by atoms with Crippen LogP contribution in [0, 0.1) is 0 Å². The summed E-state index contributed by atoms with van der Waals surface area (Å²) in [6.45, 7) is -0.436. The molecular formula is C11H26AgO7. The third-order valence-electron chi connectivity index (χ3n) is 1.11. The molecule has 7 nitrogen and oxygen atoms in total. The van der Waals surface area contributed by atoms with E-state index in [2.05, 4.69) is 9.47 Å². The number of carbonyl (C=O) groups excluding carboxylic acids is 2. The van der Waals surface area contributed by atoms with Gasteiger partial charge in [0.1, 0.15) is 6.61 Å². The standard InChI is InChI=1S/C7H10O7.4CH4.Ag/c1-4(14-6(11)2-8)7(12)13-3-5(9)10;;;;;/h4,8H,2-3H2,1H3,(H,9,10);4*1H4;. The van der Waals surface area contributed by atoms with Crippen LogP contribution in [0.25, 0.3) is 0 Å². The molecule has 0 aromatic heterocycles. The fraction of sp³-hybridized carbons (Fsp3) is 0.727. The molecule has 0 aromatic carbocycles. The molecule has 0 aliphatic heterocycles. The van der Waals surface area contributed by atoms with Crippen LogP contribution in [0.4, 0.5) is 0 Å². The first-order chi connectivity index (χ1) is 6.47. The number of carboxylic acid groups (broad SMARTS) is 1. The molecule has 0 spiro atoms. The molecule has 0 fully saturated rings. The molecule has 0 rings (SSSR count). The SMILES string of the molecule is C.C.C.C.CC(OC(=O)CO)C(=O)OCC(=O)O.[Ag]. The molecule has 0 aromatic rings. The van der Waals surface area contributed by atoms with Crippen LogP contribution < -0.4 is 0 Å². The Kier molecular flexibility index (Phi) is 37.0. The van der Waals surface area contributed by atoms with Crippen LogP contribution in [0.5, 0.6) is 0 Å². The number of aliphatic hydroxyl groups excluding tert-OH is 1. The van der Waals surface area contributed by atoms with Gasteiger partial charge in [-0.15, -0.1) is 0 Å². The van der Waals surface area contributed by atoms with Crippen molar-refractivity contribution in [1.82, 2.24) is 0 Å². The van der Waals surface area contributed by atoms with Crippen molar-refractivity contribution >= 4 is 17.9 Å². The molecule has 0 aliphatic carbocycles. The Balaban J connectivity index is -0.0000000845. The van der Waals surface area contributed by atoms with E-state index in [-0.39, 0.29) is 52.1 Å². The van der Waals surface area contributed by atoms with Crippen molar-refractivity contribution in [3.05, 3.63) is 0 Å². The van der Waals surface area contributed by atoms with Gasteiger partial charge in [-0.25, -0.2) is 14.4 Å². The molecule has 0 amide bonds. The molecular weight excluding hydrogens is 352 g/mol. The quantitative estimate of drug-likeness (QED) is 0.544. The summed E-state index contributed by atoms with van der Waals surface area (Å²) in [7, 11) is 0. The number of ether oxygens (including phenoxy) is 2. The molecule has 2 N–H and O–H groups in total. The van der Waals surface area contributed by atoms with E-state index in [1.54, 1.807) is 0 Å². The number of aliphatic carboxylic acids is 1. The minimum atomic E-state index is -1.31. The van der Waals surface area contributed by atoms with Crippen molar-refractivity contribution in [2.24, 2.45) is 0 Å². The van der Waals surface area contributed by atoms with E-state index >= 15 is 0 Å². The first-order valence-electron chi connectivity index (χ1n) is 3.66. The number of rotatable bonds is 5. The van der Waals surface area contributed by atoms with Crippen molar-refractivity contribution in [1.29, 1.82) is 0 Å². The van der Waals surface area contributed by atoms with Gasteiger partial charge in [-0.2, -0.15) is 0 Å². The van der Waals surface area contributed by atoms with Gasteiger partial charge in [0.2, 0.25) is 0 Å². The van der Waals surface area contributed by atoms with Crippen molar-refractivity contribution < 1.29 is 56.5 Å². The molecule has 0 aliphatic rings. The van der Waals surface area contributed by atoms with E-state index in [4.69, 9.17) is 10.2 Å². The molecule has 0 bridgehead atoms. The first kappa shape index (κ1) is 36.2. The molecule has 8 heteroatoms. The third-order valence-corrected chi connectivity index (χ3v) is 1.11. The topological polar surface area (TPSA) is 110 Å². The zero-order valence-corrected chi connectivity index (χ0v) is 9.21. The summed E-state index contributed by atoms with van der Waals surface area (Å²) < 4.78 is 8.55. The van der Waals surface area contributed by atoms with Gasteiger partial charge in [-0.1, -0.05) is 29.7 Å². The van der Waals surface area contributed by atoms with Crippen LogP contribution >= 0.6 is 0 Å². The van der Waals surface area contributed by atoms with Crippen LogP contribution in [0.3, 0.4) is 0 Å². The Morgan fingerprint density at radius 2 is 1.53 bits per heavy atom. The minimum Gasteiger partial charge on any atom is -0.479 e. The number of esters is 2. The molecule has 0 heterocycles. The average molecular weight is 378 g/mol. The normalized spacial score (nSPS) is 8.53. The van der Waals surface area contributed by atoms with Crippen LogP contribution in [0.2, 0.25) is 0 Å². The molecule has 1 unspecified atom stereocenters. The van der Waals surface area contributed by atoms with Gasteiger partial charge in [0.25, 0.3) is 0 Å². The number of hydrogen-bond acceptors (Lipinski definition) is 6. The second-order valence-corrected chi connectivity index (χ2v) is 2.29. The predicted octanol–water partition coefficient (Wildman–Crippen LogP) is 1.08. The summed E-state index contributed by atoms with van der Waals surface area (Å²) in [5.74, 6) is -3.27. The molecule has 1 atom stereocenters. The van der Waals surface area contributed by atoms with Gasteiger partial charge in [-0.05, 0) is 6.92 Å². The van der Waals surface area contributed by atoms with Crippen molar-refractivity contribution in [2.75, 3.05) is 13.2 Å². The largest absolute Gasteiger partial charge is 0.479 e. The van der Waals surface area contributed by atoms with E-state index in [0.717, 1.165) is 0 Å². The molecule has 1 radical (unpaired) electrons. The van der Waals surface area contributed by atoms with Gasteiger partial charge < -0.3 is 19.7 Å². The molecule has 19 heavy (non-hydrogen) atoms. The van der Waals surface area contributed by atoms with E-state index in [0.29, 0.717) is 0 Å². The number of hydrogen-bond donors (Lipinski definition) is 2. The number of carboxylic acids is 1. The van der Waals surface area contributed by atoms with E-state index in [9.17, 15) is 14.4 Å². The van der Waals surface area contributed by atoms with Crippen LogP contribution in [-0.2, 0) is 46.2 Å². The van der Waals surface area contributed by atoms with Gasteiger partial charge >= 0.3 is 17.9 Å². The Hall–Kier alpha value is -0.890.